The van der Waals surface area contributed by atoms with E-state index >= 15 is 0 Å². The summed E-state index contributed by atoms with van der Waals surface area (Å²) in [7, 11) is 0. The van der Waals surface area contributed by atoms with E-state index in [1.807, 2.05) is 42.5 Å². The molecule has 1 spiro atoms. The highest BCUT2D eigenvalue weighted by atomic mass is 16.7. The molecule has 0 saturated heterocycles. The molecule has 2 aromatic carbocycles. The highest BCUT2D eigenvalue weighted by molar-refractivity contribution is 5.95. The predicted molar refractivity (Wildman–Crippen MR) is 96.7 cm³/mol. The first-order valence-electron chi connectivity index (χ1n) is 9.28. The van der Waals surface area contributed by atoms with Crippen LogP contribution >= 0.6 is 0 Å². The van der Waals surface area contributed by atoms with Crippen molar-refractivity contribution in [1.29, 1.82) is 0 Å². The molecule has 1 N–H and O–H groups in total. The van der Waals surface area contributed by atoms with Crippen LogP contribution in [0.4, 0.5) is 5.69 Å². The lowest BCUT2D eigenvalue weighted by atomic mass is 9.94. The van der Waals surface area contributed by atoms with Crippen molar-refractivity contribution in [2.75, 3.05) is 5.32 Å². The lowest BCUT2D eigenvalue weighted by molar-refractivity contribution is -0.122. The molecule has 1 amide bonds. The van der Waals surface area contributed by atoms with Crippen LogP contribution in [0, 0.1) is 0 Å². The summed E-state index contributed by atoms with van der Waals surface area (Å²) in [5, 5.41) is 2.94. The number of anilines is 1. The number of benzene rings is 2. The fraction of sp³-hybridized carbons (Fsp3) is 0.381. The molecular weight excluding hydrogens is 330 g/mol. The second-order valence-corrected chi connectivity index (χ2v) is 7.24. The van der Waals surface area contributed by atoms with E-state index in [-0.39, 0.29) is 5.91 Å². The van der Waals surface area contributed by atoms with E-state index in [2.05, 4.69) is 5.32 Å². The van der Waals surface area contributed by atoms with Crippen LogP contribution in [0.1, 0.15) is 37.7 Å². The molecule has 1 aliphatic carbocycles. The zero-order valence-electron chi connectivity index (χ0n) is 14.5. The van der Waals surface area contributed by atoms with E-state index in [4.69, 9.17) is 14.2 Å². The van der Waals surface area contributed by atoms with Crippen molar-refractivity contribution in [2.45, 2.75) is 50.4 Å². The fourth-order valence-electron chi connectivity index (χ4n) is 4.02. The molecule has 0 unspecified atom stereocenters. The van der Waals surface area contributed by atoms with Crippen LogP contribution in [0.3, 0.4) is 0 Å². The van der Waals surface area contributed by atoms with Crippen LogP contribution < -0.4 is 19.5 Å². The Morgan fingerprint density at radius 3 is 2.62 bits per heavy atom. The van der Waals surface area contributed by atoms with E-state index < -0.39 is 11.9 Å². The van der Waals surface area contributed by atoms with Crippen LogP contribution in [-0.4, -0.2) is 17.8 Å². The van der Waals surface area contributed by atoms with Crippen molar-refractivity contribution >= 4 is 11.6 Å². The second kappa shape index (κ2) is 5.94. The Labute approximate surface area is 152 Å². The van der Waals surface area contributed by atoms with Gasteiger partial charge >= 0.3 is 0 Å². The zero-order valence-corrected chi connectivity index (χ0v) is 14.5. The lowest BCUT2D eigenvalue weighted by Gasteiger charge is -2.31. The van der Waals surface area contributed by atoms with Crippen LogP contribution in [0.5, 0.6) is 17.2 Å². The van der Waals surface area contributed by atoms with Crippen molar-refractivity contribution in [3.63, 3.8) is 0 Å². The van der Waals surface area contributed by atoms with Gasteiger partial charge < -0.3 is 19.5 Å². The number of para-hydroxylation sites is 1. The Bertz CT molecular complexity index is 832. The summed E-state index contributed by atoms with van der Waals surface area (Å²) in [6, 6.07) is 13.3. The lowest BCUT2D eigenvalue weighted by Crippen LogP contribution is -2.40. The first-order chi connectivity index (χ1) is 12.7. The minimum Gasteiger partial charge on any atom is -0.480 e. The molecule has 1 saturated carbocycles. The third-order valence-electron chi connectivity index (χ3n) is 5.36. The molecule has 2 aromatic rings. The molecule has 134 valence electrons. The Balaban J connectivity index is 1.28. The first-order valence-corrected chi connectivity index (χ1v) is 9.28. The van der Waals surface area contributed by atoms with Gasteiger partial charge in [-0.2, -0.15) is 0 Å². The number of ether oxygens (including phenoxy) is 3. The topological polar surface area (TPSA) is 56.8 Å². The number of hydrogen-bond donors (Lipinski definition) is 1. The Hall–Kier alpha value is -2.69. The normalized spacial score (nSPS) is 21.9. The molecule has 0 radical (unpaired) electrons. The van der Waals surface area contributed by atoms with Gasteiger partial charge in [-0.05, 0) is 36.6 Å². The minimum atomic E-state index is -0.501. The molecule has 26 heavy (non-hydrogen) atoms. The maximum Gasteiger partial charge on any atom is 0.265 e. The van der Waals surface area contributed by atoms with Crippen molar-refractivity contribution < 1.29 is 19.0 Å². The van der Waals surface area contributed by atoms with Crippen molar-refractivity contribution in [3.8, 4) is 17.2 Å². The van der Waals surface area contributed by atoms with Gasteiger partial charge in [0.25, 0.3) is 11.7 Å². The molecule has 0 bridgehead atoms. The van der Waals surface area contributed by atoms with Crippen molar-refractivity contribution in [3.05, 3.63) is 48.0 Å². The third kappa shape index (κ3) is 2.68. The summed E-state index contributed by atoms with van der Waals surface area (Å²) in [5.74, 6) is 1.61. The number of amides is 1. The molecule has 0 aromatic heterocycles. The summed E-state index contributed by atoms with van der Waals surface area (Å²) >= 11 is 0. The number of rotatable bonds is 2. The van der Waals surface area contributed by atoms with Gasteiger partial charge in [-0.3, -0.25) is 4.79 Å². The van der Waals surface area contributed by atoms with E-state index in [0.29, 0.717) is 17.9 Å². The summed E-state index contributed by atoms with van der Waals surface area (Å²) in [4.78, 5) is 12.6. The quantitative estimate of drug-likeness (QED) is 0.886. The van der Waals surface area contributed by atoms with Crippen LogP contribution in [0.25, 0.3) is 0 Å². The molecule has 1 atom stereocenters. The molecule has 1 fully saturated rings. The van der Waals surface area contributed by atoms with Crippen LogP contribution in [0.2, 0.25) is 0 Å². The van der Waals surface area contributed by atoms with Gasteiger partial charge in [-0.1, -0.05) is 24.6 Å². The van der Waals surface area contributed by atoms with Crippen molar-refractivity contribution in [2.24, 2.45) is 0 Å². The molecule has 2 aliphatic heterocycles. The van der Waals surface area contributed by atoms with E-state index in [1.54, 1.807) is 0 Å². The summed E-state index contributed by atoms with van der Waals surface area (Å²) in [5.41, 5.74) is 1.77. The van der Waals surface area contributed by atoms with Gasteiger partial charge in [0.2, 0.25) is 0 Å². The fourth-order valence-corrected chi connectivity index (χ4v) is 4.02. The summed E-state index contributed by atoms with van der Waals surface area (Å²) in [6.45, 7) is 0. The maximum absolute atomic E-state index is 12.6. The van der Waals surface area contributed by atoms with Gasteiger partial charge in [0.1, 0.15) is 5.75 Å². The molecular formula is C21H21NO4. The highest BCUT2D eigenvalue weighted by Gasteiger charge is 2.42. The Kier molecular flexibility index (Phi) is 3.55. The predicted octanol–water partition coefficient (Wildman–Crippen LogP) is 4.06. The van der Waals surface area contributed by atoms with Crippen LogP contribution in [0.15, 0.2) is 42.5 Å². The number of fused-ring (bicyclic) bond motifs is 2. The Morgan fingerprint density at radius 1 is 0.962 bits per heavy atom. The van der Waals surface area contributed by atoms with E-state index in [9.17, 15) is 4.79 Å². The average Bonchev–Trinajstić information content (AvgIpc) is 3.23. The smallest absolute Gasteiger partial charge is 0.265 e. The van der Waals surface area contributed by atoms with Crippen molar-refractivity contribution in [1.82, 2.24) is 0 Å². The van der Waals surface area contributed by atoms with Gasteiger partial charge in [-0.15, -0.1) is 0 Å². The van der Waals surface area contributed by atoms with Gasteiger partial charge in [0, 0.05) is 31.0 Å². The number of hydrogen-bond acceptors (Lipinski definition) is 4. The molecule has 5 rings (SSSR count). The third-order valence-corrected chi connectivity index (χ3v) is 5.36. The van der Waals surface area contributed by atoms with E-state index in [0.717, 1.165) is 42.7 Å². The highest BCUT2D eigenvalue weighted by Crippen LogP contribution is 2.46. The number of carbonyl (C=O) groups excluding carboxylic acids is 1. The monoisotopic (exact) mass is 351 g/mol. The average molecular weight is 351 g/mol. The van der Waals surface area contributed by atoms with Gasteiger partial charge in [0.05, 0.1) is 0 Å². The summed E-state index contributed by atoms with van der Waals surface area (Å²) in [6.07, 6.45) is 5.40. The second-order valence-electron chi connectivity index (χ2n) is 7.24. The van der Waals surface area contributed by atoms with Gasteiger partial charge in [0.15, 0.2) is 17.6 Å². The van der Waals surface area contributed by atoms with E-state index in [1.165, 1.54) is 6.42 Å². The molecule has 5 heteroatoms. The standard InChI is InChI=1S/C21H21NO4/c23-20(19-12-14-6-2-3-7-16(14)24-19)22-15-8-9-17-18(13-15)26-21(25-17)10-4-1-5-11-21/h2-3,6-9,13,19H,1,4-5,10-12H2,(H,22,23)/t19-/m0/s1. The maximum atomic E-state index is 12.6. The Morgan fingerprint density at radius 2 is 1.77 bits per heavy atom. The summed E-state index contributed by atoms with van der Waals surface area (Å²) < 4.78 is 18.0. The zero-order chi connectivity index (χ0) is 17.6. The minimum absolute atomic E-state index is 0.146. The van der Waals surface area contributed by atoms with Gasteiger partial charge in [-0.25, -0.2) is 0 Å². The molecule has 5 nitrogen and oxygen atoms in total. The molecule has 2 heterocycles. The first kappa shape index (κ1) is 15.6. The largest absolute Gasteiger partial charge is 0.480 e. The number of carbonyl (C=O) groups is 1. The van der Waals surface area contributed by atoms with Crippen LogP contribution in [-0.2, 0) is 11.2 Å². The SMILES string of the molecule is O=C(Nc1ccc2c(c1)OC1(CCCCC1)O2)[C@@H]1Cc2ccccc2O1. The number of nitrogens with one attached hydrogen (secondary N) is 1. The molecule has 3 aliphatic rings.